The number of aromatic nitrogens is 2. The van der Waals surface area contributed by atoms with Crippen molar-refractivity contribution in [3.8, 4) is 0 Å². The molecular formula is C50H72ClN3O6. The van der Waals surface area contributed by atoms with Gasteiger partial charge in [0.1, 0.15) is 17.2 Å². The highest BCUT2D eigenvalue weighted by Gasteiger charge is 2.64. The van der Waals surface area contributed by atoms with Gasteiger partial charge in [0, 0.05) is 40.8 Å². The smallest absolute Gasteiger partial charge is 0.312 e. The van der Waals surface area contributed by atoms with Crippen LogP contribution in [-0.2, 0) is 34.2 Å². The molecule has 7 rings (SSSR count). The molecule has 5 fully saturated rings. The molecule has 60 heavy (non-hydrogen) atoms. The first-order valence-corrected chi connectivity index (χ1v) is 23.2. The average molecular weight is 847 g/mol. The lowest BCUT2D eigenvalue weighted by Crippen LogP contribution is -2.60. The Hall–Kier alpha value is -3.07. The van der Waals surface area contributed by atoms with Gasteiger partial charge in [0.25, 0.3) is 0 Å². The van der Waals surface area contributed by atoms with Crippen molar-refractivity contribution in [2.24, 2.45) is 62.6 Å². The van der Waals surface area contributed by atoms with Crippen molar-refractivity contribution in [2.45, 2.75) is 178 Å². The molecule has 1 aromatic rings. The summed E-state index contributed by atoms with van der Waals surface area (Å²) in [6.07, 6.45) is 14.1. The lowest BCUT2D eigenvalue weighted by atomic mass is 9.39. The van der Waals surface area contributed by atoms with Crippen molar-refractivity contribution in [3.05, 3.63) is 46.0 Å². The number of nitrogens with one attached hydrogen (secondary N) is 1. The van der Waals surface area contributed by atoms with E-state index in [9.17, 15) is 19.2 Å². The first kappa shape index (κ1) is 45.0. The highest BCUT2D eigenvalue weighted by molar-refractivity contribution is 6.30. The van der Waals surface area contributed by atoms with E-state index in [1.807, 2.05) is 27.7 Å². The zero-order chi connectivity index (χ0) is 44.2. The average Bonchev–Trinajstić information content (AvgIpc) is 3.82. The Bertz CT molecular complexity index is 1980. The second-order valence-corrected chi connectivity index (χ2v) is 24.1. The van der Waals surface area contributed by atoms with E-state index in [1.54, 1.807) is 26.2 Å². The van der Waals surface area contributed by atoms with Crippen LogP contribution >= 0.6 is 11.6 Å². The topological polar surface area (TPSA) is 125 Å². The molecule has 1 unspecified atom stereocenters. The van der Waals surface area contributed by atoms with Gasteiger partial charge < -0.3 is 14.8 Å². The summed E-state index contributed by atoms with van der Waals surface area (Å²) in [7, 11) is 0. The number of hydrogen-bond acceptors (Lipinski definition) is 8. The van der Waals surface area contributed by atoms with Crippen LogP contribution in [-0.4, -0.2) is 45.3 Å². The fourth-order valence-corrected chi connectivity index (χ4v) is 13.5. The van der Waals surface area contributed by atoms with Crippen molar-refractivity contribution < 1.29 is 28.7 Å². The van der Waals surface area contributed by atoms with Gasteiger partial charge >= 0.3 is 11.9 Å². The standard InChI is InChI=1S/C50H72ClN3O6/c1-28-22-36(59-37(56)25-46(9,10)43(58)60-45(6,7)8)47(11,12)33-16-18-48(13)32-17-19-49(23-29(2)41(57)54-50(20-21-50)42-52-26-30(51)27-53-42)24-35(55)40(44(3,4)5)39(49)31(32)14-15-34(48)38(28)33/h23,26-28,31-34,36,38H,14-22,24-25H2,1-13H3,(H,54,57)/b29-23+/t28?,31-,32+,33+,34+,36-,38-,48-,49+/m0/s1. The zero-order valence-electron chi connectivity index (χ0n) is 38.8. The van der Waals surface area contributed by atoms with E-state index in [1.165, 1.54) is 5.57 Å². The number of halogens is 1. The maximum atomic E-state index is 14.3. The molecule has 10 heteroatoms. The molecule has 0 aliphatic heterocycles. The van der Waals surface area contributed by atoms with E-state index in [0.717, 1.165) is 63.4 Å². The number of ketones is 1. The minimum atomic E-state index is -0.986. The van der Waals surface area contributed by atoms with Crippen LogP contribution in [0.3, 0.4) is 0 Å². The predicted octanol–water partition coefficient (Wildman–Crippen LogP) is 10.7. The minimum absolute atomic E-state index is 0.0182. The van der Waals surface area contributed by atoms with Gasteiger partial charge in [-0.2, -0.15) is 0 Å². The number of nitrogens with zero attached hydrogens (tertiary/aromatic N) is 2. The lowest BCUT2D eigenvalue weighted by molar-refractivity contribution is -0.197. The van der Waals surface area contributed by atoms with Crippen molar-refractivity contribution in [1.82, 2.24) is 15.3 Å². The Balaban J connectivity index is 1.12. The van der Waals surface area contributed by atoms with Crippen LogP contribution in [0.15, 0.2) is 35.2 Å². The maximum absolute atomic E-state index is 14.3. The quantitative estimate of drug-likeness (QED) is 0.203. The van der Waals surface area contributed by atoms with Crippen molar-refractivity contribution >= 4 is 35.2 Å². The highest BCUT2D eigenvalue weighted by Crippen LogP contribution is 2.71. The van der Waals surface area contributed by atoms with Gasteiger partial charge in [-0.25, -0.2) is 9.97 Å². The van der Waals surface area contributed by atoms with Gasteiger partial charge in [0.2, 0.25) is 5.91 Å². The Morgan fingerprint density at radius 2 is 1.53 bits per heavy atom. The molecule has 1 N–H and O–H groups in total. The Labute approximate surface area is 364 Å². The van der Waals surface area contributed by atoms with Crippen LogP contribution in [0.4, 0.5) is 0 Å². The molecule has 1 heterocycles. The van der Waals surface area contributed by atoms with Gasteiger partial charge in [-0.3, -0.25) is 19.2 Å². The number of carbonyl (C=O) groups is 4. The van der Waals surface area contributed by atoms with Crippen molar-refractivity contribution in [1.29, 1.82) is 0 Å². The zero-order valence-corrected chi connectivity index (χ0v) is 39.5. The van der Waals surface area contributed by atoms with Gasteiger partial charge in [-0.05, 0) is 151 Å². The number of fused-ring (bicyclic) bond motifs is 7. The molecule has 1 aromatic heterocycles. The number of allylic oxidation sites excluding steroid dienone is 3. The molecule has 0 spiro atoms. The number of esters is 2. The third-order valence-corrected chi connectivity index (χ3v) is 16.5. The monoisotopic (exact) mass is 846 g/mol. The number of Topliss-reactive ketones (excluding diaryl/α,β-unsaturated/α-hetero) is 1. The molecule has 0 saturated heterocycles. The second kappa shape index (κ2) is 15.0. The summed E-state index contributed by atoms with van der Waals surface area (Å²) in [4.78, 5) is 63.8. The number of amides is 1. The molecule has 0 bridgehead atoms. The predicted molar refractivity (Wildman–Crippen MR) is 233 cm³/mol. The number of carbonyl (C=O) groups excluding carboxylic acids is 4. The van der Waals surface area contributed by atoms with E-state index < -0.39 is 22.0 Å². The third-order valence-electron chi connectivity index (χ3n) is 16.3. The number of rotatable bonds is 8. The Morgan fingerprint density at radius 3 is 2.13 bits per heavy atom. The number of hydrogen-bond donors (Lipinski definition) is 1. The SMILES string of the molecule is C/C(=C\[C@@]12CC[C@@H]3[C@H](CC[C@@H]4[C@H]5C(C)C[C@H](OC(=O)CC(C)(C)C(=O)OC(C)(C)C)C(C)(C)[C@@H]5CC[C@]43C)C1=C(C(C)(C)C)C(=O)C2)C(=O)NC1(c2ncc(Cl)cn2)CC1. The largest absolute Gasteiger partial charge is 0.462 e. The molecule has 0 aromatic carbocycles. The maximum Gasteiger partial charge on any atom is 0.312 e. The van der Waals surface area contributed by atoms with Crippen molar-refractivity contribution in [2.75, 3.05) is 0 Å². The minimum Gasteiger partial charge on any atom is -0.462 e. The highest BCUT2D eigenvalue weighted by atomic mass is 35.5. The van der Waals surface area contributed by atoms with Gasteiger partial charge in [0.05, 0.1) is 16.9 Å². The molecule has 5 saturated carbocycles. The normalized spacial score (nSPS) is 34.7. The third kappa shape index (κ3) is 7.93. The van der Waals surface area contributed by atoms with E-state index >= 15 is 0 Å². The van der Waals surface area contributed by atoms with E-state index in [0.29, 0.717) is 52.4 Å². The molecule has 0 radical (unpaired) electrons. The molecule has 6 aliphatic carbocycles. The van der Waals surface area contributed by atoms with Gasteiger partial charge in [-0.15, -0.1) is 0 Å². The Morgan fingerprint density at radius 1 is 0.900 bits per heavy atom. The summed E-state index contributed by atoms with van der Waals surface area (Å²) in [5.41, 5.74) is -0.112. The first-order chi connectivity index (χ1) is 27.6. The van der Waals surface area contributed by atoms with Crippen LogP contribution in [0.1, 0.15) is 166 Å². The molecule has 9 nitrogen and oxygen atoms in total. The van der Waals surface area contributed by atoms with E-state index in [-0.39, 0.29) is 58.3 Å². The molecular weight excluding hydrogens is 774 g/mol. The van der Waals surface area contributed by atoms with Crippen LogP contribution in [0.5, 0.6) is 0 Å². The summed E-state index contributed by atoms with van der Waals surface area (Å²) in [6.45, 7) is 27.1. The van der Waals surface area contributed by atoms with Gasteiger partial charge in [-0.1, -0.05) is 66.1 Å². The first-order valence-electron chi connectivity index (χ1n) is 22.9. The number of ether oxygens (including phenoxy) is 2. The Kier molecular flexibility index (Phi) is 11.3. The summed E-state index contributed by atoms with van der Waals surface area (Å²) in [5, 5.41) is 3.73. The summed E-state index contributed by atoms with van der Waals surface area (Å²) in [5.74, 6) is 2.53. The van der Waals surface area contributed by atoms with Crippen LogP contribution in [0.2, 0.25) is 5.02 Å². The van der Waals surface area contributed by atoms with Gasteiger partial charge in [0.15, 0.2) is 11.6 Å². The molecule has 330 valence electrons. The van der Waals surface area contributed by atoms with Crippen LogP contribution in [0, 0.1) is 62.6 Å². The lowest BCUT2D eigenvalue weighted by Gasteiger charge is -2.66. The van der Waals surface area contributed by atoms with Crippen LogP contribution < -0.4 is 5.32 Å². The fourth-order valence-electron chi connectivity index (χ4n) is 13.4. The molecule has 9 atom stereocenters. The fraction of sp³-hybridized carbons (Fsp3) is 0.760. The second-order valence-electron chi connectivity index (χ2n) is 23.6. The summed E-state index contributed by atoms with van der Waals surface area (Å²) >= 11 is 6.07. The molecule has 6 aliphatic rings. The van der Waals surface area contributed by atoms with Crippen molar-refractivity contribution in [3.63, 3.8) is 0 Å². The van der Waals surface area contributed by atoms with Crippen LogP contribution in [0.25, 0.3) is 0 Å². The summed E-state index contributed by atoms with van der Waals surface area (Å²) < 4.78 is 12.0. The molecule has 1 amide bonds. The van der Waals surface area contributed by atoms with E-state index in [4.69, 9.17) is 21.1 Å². The summed E-state index contributed by atoms with van der Waals surface area (Å²) in [6, 6.07) is 0. The van der Waals surface area contributed by atoms with E-state index in [2.05, 4.69) is 69.8 Å².